The van der Waals surface area contributed by atoms with Crippen LogP contribution in [0.3, 0.4) is 0 Å². The number of aliphatic hydroxyl groups is 3. The third-order valence-electron chi connectivity index (χ3n) is 20.2. The number of likely N-dealkylation sites (N-methyl/N-ethyl adjacent to an activating group) is 4. The highest BCUT2D eigenvalue weighted by Gasteiger charge is 2.40. The molecule has 3 aliphatic heterocycles. The van der Waals surface area contributed by atoms with Crippen LogP contribution in [0.2, 0.25) is 5.02 Å². The molecule has 0 bridgehead atoms. The first-order valence-corrected chi connectivity index (χ1v) is 34.9. The fraction of sp³-hybridized carbons (Fsp3) is 0.434. The Labute approximate surface area is 599 Å². The molecule has 1 fully saturated rings. The molecule has 16 nitrogen and oxygen atoms in total. The monoisotopic (exact) mass is 1380 g/mol. The molecule has 8 unspecified atom stereocenters. The summed E-state index contributed by atoms with van der Waals surface area (Å²) < 4.78 is 5.02. The first-order chi connectivity index (χ1) is 46.9. The van der Waals surface area contributed by atoms with Crippen LogP contribution in [0.5, 0.6) is 0 Å². The van der Waals surface area contributed by atoms with Gasteiger partial charge in [0.1, 0.15) is 0 Å². The number of nitrogens with zero attached hydrogens (tertiary/aromatic N) is 5. The molecule has 7 aliphatic rings. The maximum atomic E-state index is 12.4. The van der Waals surface area contributed by atoms with Crippen molar-refractivity contribution in [3.63, 3.8) is 0 Å². The number of carbonyl (C=O) groups is 5. The molecule has 7 aromatic carbocycles. The van der Waals surface area contributed by atoms with Gasteiger partial charge in [-0.05, 0) is 205 Å². The average Bonchev–Trinajstić information content (AvgIpc) is 1.63. The summed E-state index contributed by atoms with van der Waals surface area (Å²) in [4.78, 5) is 69.8. The molecule has 0 spiro atoms. The molecule has 6 N–H and O–H groups in total. The Morgan fingerprint density at radius 3 is 1.22 bits per heavy atom. The topological polar surface area (TPSA) is 213 Å². The van der Waals surface area contributed by atoms with Crippen LogP contribution in [0.15, 0.2) is 170 Å². The number of aliphatic hydroxyl groups excluding tert-OH is 3. The van der Waals surface area contributed by atoms with Crippen LogP contribution < -0.4 is 11.1 Å². The van der Waals surface area contributed by atoms with E-state index in [1.807, 2.05) is 7.05 Å². The number of epoxide rings is 1. The average molecular weight is 1380 g/mol. The lowest BCUT2D eigenvalue weighted by molar-refractivity contribution is 0.0452. The maximum absolute atomic E-state index is 12.4. The minimum atomic E-state index is -0.769. The number of amides is 4. The molecular weight excluding hydrogens is 1270 g/mol. The molecule has 8 atom stereocenters. The highest BCUT2D eigenvalue weighted by molar-refractivity contribution is 6.30. The van der Waals surface area contributed by atoms with Gasteiger partial charge in [-0.3, -0.25) is 33.8 Å². The van der Waals surface area contributed by atoms with Crippen LogP contribution in [-0.4, -0.2) is 192 Å². The van der Waals surface area contributed by atoms with E-state index in [1.54, 1.807) is 78.4 Å². The lowest BCUT2D eigenvalue weighted by atomic mass is 9.87. The Hall–Kier alpha value is -7.58. The molecule has 7 aromatic rings. The molecular formula is C83H108ClN7O9. The summed E-state index contributed by atoms with van der Waals surface area (Å²) in [5, 5.41) is 34.5. The van der Waals surface area contributed by atoms with Crippen molar-refractivity contribution in [2.75, 3.05) is 74.1 Å². The maximum Gasteiger partial charge on any atom is 0.261 e. The normalized spacial score (nSPS) is 19.7. The third-order valence-corrected chi connectivity index (χ3v) is 20.4. The van der Waals surface area contributed by atoms with Crippen molar-refractivity contribution in [3.05, 3.63) is 247 Å². The largest absolute Gasteiger partial charge is 0.392 e. The molecule has 536 valence electrons. The van der Waals surface area contributed by atoms with Crippen LogP contribution >= 0.6 is 11.6 Å². The van der Waals surface area contributed by atoms with E-state index in [4.69, 9.17) is 22.1 Å². The Bertz CT molecular complexity index is 3740. The van der Waals surface area contributed by atoms with Crippen molar-refractivity contribution >= 4 is 41.0 Å². The summed E-state index contributed by atoms with van der Waals surface area (Å²) in [5.41, 5.74) is 19.6. The zero-order chi connectivity index (χ0) is 68.5. The molecule has 100 heavy (non-hydrogen) atoms. The van der Waals surface area contributed by atoms with Crippen molar-refractivity contribution in [3.8, 4) is 0 Å². The summed E-state index contributed by atoms with van der Waals surface area (Å²) in [6.07, 6.45) is 12.6. The molecule has 4 amide bonds. The predicted molar refractivity (Wildman–Crippen MR) is 402 cm³/mol. The molecule has 3 heterocycles. The van der Waals surface area contributed by atoms with Crippen LogP contribution in [0.25, 0.3) is 0 Å². The molecule has 0 aromatic heterocycles. The molecule has 0 radical (unpaired) electrons. The minimum absolute atomic E-state index is 0. The number of rotatable bonds is 19. The number of aryl methyl sites for hydroxylation is 4. The Morgan fingerprint density at radius 1 is 0.500 bits per heavy atom. The molecule has 1 saturated heterocycles. The SMILES string of the molecule is C.C.C.CN(CC(O)CCC(=O)c1ccc(Cl)cc1)C1CCc2ccccc2C1.CN(CC(O)CN)C1CCc2ccccc2C1.CN(CC(O)CN1C(=O)c2ccccc2C1=O)C1CCc2ccccc2C1.CNC1CCc2ccccc2C1.O=C1c2ccccc2C(=O)N1CC1CO1. The smallest absolute Gasteiger partial charge is 0.261 e. The fourth-order valence-corrected chi connectivity index (χ4v) is 14.4. The van der Waals surface area contributed by atoms with Gasteiger partial charge in [0.15, 0.2) is 5.78 Å². The van der Waals surface area contributed by atoms with Gasteiger partial charge < -0.3 is 45.8 Å². The van der Waals surface area contributed by atoms with Crippen molar-refractivity contribution in [1.29, 1.82) is 0 Å². The highest BCUT2D eigenvalue weighted by Crippen LogP contribution is 2.30. The fourth-order valence-electron chi connectivity index (χ4n) is 14.3. The summed E-state index contributed by atoms with van der Waals surface area (Å²) in [7, 11) is 8.21. The number of fused-ring (bicyclic) bond motifs is 6. The number of carbonyl (C=O) groups excluding carboxylic acids is 5. The summed E-state index contributed by atoms with van der Waals surface area (Å²) in [6.45, 7) is 3.09. The van der Waals surface area contributed by atoms with Crippen LogP contribution in [-0.2, 0) is 56.1 Å². The first kappa shape index (κ1) is 79.7. The number of nitrogens with two attached hydrogens (primary N) is 1. The number of imide groups is 2. The number of ether oxygens (including phenoxy) is 1. The lowest BCUT2D eigenvalue weighted by Gasteiger charge is -2.34. The molecule has 17 heteroatoms. The van der Waals surface area contributed by atoms with Crippen molar-refractivity contribution < 1.29 is 44.0 Å². The van der Waals surface area contributed by atoms with Crippen LogP contribution in [0.1, 0.15) is 157 Å². The van der Waals surface area contributed by atoms with Gasteiger partial charge in [0.25, 0.3) is 23.6 Å². The van der Waals surface area contributed by atoms with Gasteiger partial charge in [0, 0.05) is 67.4 Å². The summed E-state index contributed by atoms with van der Waals surface area (Å²) in [6, 6.07) is 57.2. The zero-order valence-electron chi connectivity index (χ0n) is 56.6. The minimum Gasteiger partial charge on any atom is -0.392 e. The van der Waals surface area contributed by atoms with Gasteiger partial charge in [-0.2, -0.15) is 0 Å². The number of halogens is 1. The second-order valence-corrected chi connectivity index (χ2v) is 27.4. The Morgan fingerprint density at radius 2 is 0.840 bits per heavy atom. The molecule has 4 aliphatic carbocycles. The van der Waals surface area contributed by atoms with Gasteiger partial charge in [-0.1, -0.05) is 155 Å². The van der Waals surface area contributed by atoms with Gasteiger partial charge in [0.05, 0.1) is 66.4 Å². The number of β-amino-alcohol motifs (C(OH)–C–C–N with tert-alkyl or cyclic N) is 1. The summed E-state index contributed by atoms with van der Waals surface area (Å²) in [5.74, 6) is -0.986. The van der Waals surface area contributed by atoms with E-state index in [2.05, 4.69) is 138 Å². The van der Waals surface area contributed by atoms with Gasteiger partial charge in [-0.15, -0.1) is 0 Å². The Balaban J connectivity index is 0.000000179. The van der Waals surface area contributed by atoms with Crippen molar-refractivity contribution in [2.24, 2.45) is 5.73 Å². The van der Waals surface area contributed by atoms with E-state index in [0.717, 1.165) is 51.4 Å². The van der Waals surface area contributed by atoms with E-state index in [1.165, 1.54) is 74.4 Å². The Kier molecular flexibility index (Phi) is 30.7. The van der Waals surface area contributed by atoms with Gasteiger partial charge >= 0.3 is 0 Å². The van der Waals surface area contributed by atoms with Crippen molar-refractivity contribution in [2.45, 2.75) is 161 Å². The molecule has 0 saturated carbocycles. The zero-order valence-corrected chi connectivity index (χ0v) is 57.4. The number of hydrogen-bond acceptors (Lipinski definition) is 14. The molecule has 14 rings (SSSR count). The lowest BCUT2D eigenvalue weighted by Crippen LogP contribution is -2.45. The second kappa shape index (κ2) is 38.5. The quantitative estimate of drug-likeness (QED) is 0.0290. The second-order valence-electron chi connectivity index (χ2n) is 27.0. The van der Waals surface area contributed by atoms with E-state index in [-0.39, 0.29) is 64.3 Å². The van der Waals surface area contributed by atoms with E-state index in [9.17, 15) is 39.3 Å². The highest BCUT2D eigenvalue weighted by atomic mass is 35.5. The van der Waals surface area contributed by atoms with Crippen LogP contribution in [0.4, 0.5) is 0 Å². The number of nitrogens with one attached hydrogen (secondary N) is 1. The first-order valence-electron chi connectivity index (χ1n) is 34.5. The third kappa shape index (κ3) is 21.3. The van der Waals surface area contributed by atoms with E-state index in [0.29, 0.717) is 109 Å². The standard InChI is InChI=1S/C22H26ClNO2.C22H24N2O3.C14H22N2O.C11H9NO3.C11H15N.3CH4/c1-24(20-11-8-16-4-2-3-5-18(16)14-20)15-21(25)12-13-22(26)17-6-9-19(23)10-7-17;1-23(17-11-10-15-6-2-3-7-16(15)12-17)13-18(25)14-24-21(26)19-8-4-5-9-20(19)22(24)27;1-16(10-14(17)9-15)13-7-6-11-4-2-3-5-12(11)8-13;13-10-8-3-1-2-4-9(8)11(14)12(10)5-7-6-15-7;1-12-11-7-6-9-4-2-3-5-10(9)8-11;;;/h2-7,9-10,20-21,25H,8,11-15H2,1H3;2-9,17-18,25H,10-14H2,1H3;2-5,13-14,17H,6-10,15H2,1H3;1-4,7H,5-6H2;2-5,11-12H,6-8H2,1H3;3*1H4. The van der Waals surface area contributed by atoms with Crippen molar-refractivity contribution in [1.82, 2.24) is 29.8 Å². The number of Topliss-reactive ketones (excluding diaryl/α,β-unsaturated/α-hetero) is 1. The number of ketones is 1. The van der Waals surface area contributed by atoms with E-state index < -0.39 is 18.3 Å². The number of benzene rings is 7. The number of hydrogen-bond donors (Lipinski definition) is 5. The van der Waals surface area contributed by atoms with Crippen LogP contribution in [0, 0.1) is 0 Å². The summed E-state index contributed by atoms with van der Waals surface area (Å²) >= 11 is 5.85. The predicted octanol–water partition coefficient (Wildman–Crippen LogP) is 11.4. The van der Waals surface area contributed by atoms with Gasteiger partial charge in [0.2, 0.25) is 0 Å². The van der Waals surface area contributed by atoms with E-state index >= 15 is 0 Å². The van der Waals surface area contributed by atoms with Gasteiger partial charge in [-0.25, -0.2) is 0 Å².